The second-order valence-corrected chi connectivity index (χ2v) is 7.29. The van der Waals surface area contributed by atoms with Gasteiger partial charge in [0.05, 0.1) is 24.0 Å². The molecule has 0 spiro atoms. The van der Waals surface area contributed by atoms with Gasteiger partial charge in [-0.1, -0.05) is 25.4 Å². The molecule has 8 heteroatoms. The van der Waals surface area contributed by atoms with Crippen LogP contribution in [0.25, 0.3) is 5.76 Å². The van der Waals surface area contributed by atoms with E-state index in [-0.39, 0.29) is 11.3 Å². The summed E-state index contributed by atoms with van der Waals surface area (Å²) in [5.41, 5.74) is 0.313. The number of methoxy groups -OCH3 is 1. The molecule has 0 saturated carbocycles. The van der Waals surface area contributed by atoms with Crippen LogP contribution in [-0.2, 0) is 9.59 Å². The molecule has 1 fully saturated rings. The topological polar surface area (TPSA) is 83.2 Å². The van der Waals surface area contributed by atoms with Crippen LogP contribution in [0.5, 0.6) is 5.75 Å². The zero-order valence-corrected chi connectivity index (χ0v) is 18.0. The Morgan fingerprint density at radius 2 is 2.00 bits per heavy atom. The van der Waals surface area contributed by atoms with Crippen LogP contribution < -0.4 is 4.74 Å². The van der Waals surface area contributed by atoms with E-state index in [9.17, 15) is 14.7 Å². The molecule has 1 amide bonds. The molecule has 1 saturated heterocycles. The maximum absolute atomic E-state index is 12.9. The summed E-state index contributed by atoms with van der Waals surface area (Å²) in [6.07, 6.45) is 1.48. The second kappa shape index (κ2) is 9.36. The smallest absolute Gasteiger partial charge is 0.295 e. The fourth-order valence-corrected chi connectivity index (χ4v) is 3.80. The standard InChI is InChI=1S/C22H25ClN2O5/c1-4-24(5-2)10-11-25-19(16-7-6-12-30-16)18(21(27)22(25)28)20(26)14-8-9-15(23)17(13-14)29-3/h6-9,12-13,19,26H,4-5,10-11H2,1-3H3/b20-18-. The highest BCUT2D eigenvalue weighted by atomic mass is 35.5. The molecular formula is C22H25ClN2O5. The van der Waals surface area contributed by atoms with E-state index in [1.54, 1.807) is 24.3 Å². The van der Waals surface area contributed by atoms with Gasteiger partial charge in [0.25, 0.3) is 11.7 Å². The summed E-state index contributed by atoms with van der Waals surface area (Å²) >= 11 is 6.07. The third-order valence-corrected chi connectivity index (χ3v) is 5.64. The lowest BCUT2D eigenvalue weighted by Gasteiger charge is -2.26. The molecule has 1 aromatic heterocycles. The Hall–Kier alpha value is -2.77. The number of aliphatic hydroxyl groups is 1. The number of ketones is 1. The van der Waals surface area contributed by atoms with Crippen molar-refractivity contribution in [3.05, 3.63) is 58.5 Å². The number of nitrogens with zero attached hydrogens (tertiary/aromatic N) is 2. The summed E-state index contributed by atoms with van der Waals surface area (Å²) in [7, 11) is 1.46. The zero-order valence-electron chi connectivity index (χ0n) is 17.2. The Labute approximate surface area is 180 Å². The van der Waals surface area contributed by atoms with Gasteiger partial charge in [-0.3, -0.25) is 9.59 Å². The lowest BCUT2D eigenvalue weighted by molar-refractivity contribution is -0.140. The van der Waals surface area contributed by atoms with Gasteiger partial charge in [0.1, 0.15) is 23.3 Å². The maximum Gasteiger partial charge on any atom is 0.295 e. The van der Waals surface area contributed by atoms with Crippen molar-refractivity contribution in [1.29, 1.82) is 0 Å². The molecule has 0 bridgehead atoms. The molecule has 3 rings (SSSR count). The number of halogens is 1. The molecule has 1 N–H and O–H groups in total. The number of amides is 1. The molecule has 1 aromatic carbocycles. The summed E-state index contributed by atoms with van der Waals surface area (Å²) in [6, 6.07) is 7.23. The first-order valence-corrected chi connectivity index (χ1v) is 10.2. The van der Waals surface area contributed by atoms with E-state index in [0.29, 0.717) is 35.2 Å². The number of likely N-dealkylation sites (tertiary alicyclic amines) is 1. The van der Waals surface area contributed by atoms with E-state index < -0.39 is 17.7 Å². The third kappa shape index (κ3) is 4.08. The number of ether oxygens (including phenoxy) is 1. The molecule has 1 unspecified atom stereocenters. The molecular weight excluding hydrogens is 408 g/mol. The monoisotopic (exact) mass is 432 g/mol. The van der Waals surface area contributed by atoms with E-state index >= 15 is 0 Å². The first-order chi connectivity index (χ1) is 14.4. The number of rotatable bonds is 8. The molecule has 1 atom stereocenters. The van der Waals surface area contributed by atoms with Crippen LogP contribution in [0.3, 0.4) is 0 Å². The highest BCUT2D eigenvalue weighted by Gasteiger charge is 2.47. The van der Waals surface area contributed by atoms with Gasteiger partial charge in [0, 0.05) is 18.7 Å². The molecule has 1 aliphatic heterocycles. The number of hydrogen-bond acceptors (Lipinski definition) is 6. The Bertz CT molecular complexity index is 950. The van der Waals surface area contributed by atoms with Gasteiger partial charge < -0.3 is 24.1 Å². The second-order valence-electron chi connectivity index (χ2n) is 6.88. The number of benzene rings is 1. The van der Waals surface area contributed by atoms with Crippen LogP contribution in [0.2, 0.25) is 5.02 Å². The first-order valence-electron chi connectivity index (χ1n) is 9.80. The molecule has 0 aliphatic carbocycles. The van der Waals surface area contributed by atoms with Crippen molar-refractivity contribution < 1.29 is 23.8 Å². The number of likely N-dealkylation sites (N-methyl/N-ethyl adjacent to an activating group) is 1. The van der Waals surface area contributed by atoms with E-state index in [1.807, 2.05) is 13.8 Å². The Morgan fingerprint density at radius 1 is 1.27 bits per heavy atom. The van der Waals surface area contributed by atoms with Gasteiger partial charge in [-0.2, -0.15) is 0 Å². The van der Waals surface area contributed by atoms with Crippen molar-refractivity contribution in [2.45, 2.75) is 19.9 Å². The first kappa shape index (κ1) is 21.9. The van der Waals surface area contributed by atoms with Crippen LogP contribution >= 0.6 is 11.6 Å². The van der Waals surface area contributed by atoms with Crippen molar-refractivity contribution in [3.8, 4) is 5.75 Å². The largest absolute Gasteiger partial charge is 0.507 e. The molecule has 1 aliphatic rings. The van der Waals surface area contributed by atoms with Crippen molar-refractivity contribution in [1.82, 2.24) is 9.80 Å². The fraction of sp³-hybridized carbons (Fsp3) is 0.364. The lowest BCUT2D eigenvalue weighted by atomic mass is 9.99. The van der Waals surface area contributed by atoms with Crippen LogP contribution in [-0.4, -0.2) is 59.9 Å². The minimum Gasteiger partial charge on any atom is -0.507 e. The zero-order chi connectivity index (χ0) is 21.8. The van der Waals surface area contributed by atoms with Crippen LogP contribution in [0.1, 0.15) is 31.2 Å². The normalized spacial score (nSPS) is 18.4. The highest BCUT2D eigenvalue weighted by molar-refractivity contribution is 6.46. The minimum atomic E-state index is -0.808. The number of carbonyl (C=O) groups is 2. The minimum absolute atomic E-state index is 0.0149. The van der Waals surface area contributed by atoms with Crippen molar-refractivity contribution in [2.75, 3.05) is 33.3 Å². The van der Waals surface area contributed by atoms with Crippen LogP contribution in [0, 0.1) is 0 Å². The van der Waals surface area contributed by atoms with Crippen molar-refractivity contribution in [3.63, 3.8) is 0 Å². The SMILES string of the molecule is CCN(CC)CCN1C(=O)C(=O)/C(=C(\O)c2ccc(Cl)c(OC)c2)C1c1ccco1. The molecule has 2 aromatic rings. The average molecular weight is 433 g/mol. The summed E-state index contributed by atoms with van der Waals surface area (Å²) in [4.78, 5) is 29.4. The molecule has 160 valence electrons. The molecule has 30 heavy (non-hydrogen) atoms. The fourth-order valence-electron chi connectivity index (χ4n) is 3.60. The summed E-state index contributed by atoms with van der Waals surface area (Å²) in [6.45, 7) is 6.67. The van der Waals surface area contributed by atoms with Crippen LogP contribution in [0.4, 0.5) is 0 Å². The van der Waals surface area contributed by atoms with Gasteiger partial charge >= 0.3 is 0 Å². The van der Waals surface area contributed by atoms with E-state index in [2.05, 4.69) is 4.90 Å². The van der Waals surface area contributed by atoms with Crippen molar-refractivity contribution in [2.24, 2.45) is 0 Å². The lowest BCUT2D eigenvalue weighted by Crippen LogP contribution is -2.37. The average Bonchev–Trinajstić information content (AvgIpc) is 3.36. The van der Waals surface area contributed by atoms with Gasteiger partial charge in [0.2, 0.25) is 0 Å². The number of Topliss-reactive ketones (excluding diaryl/α,β-unsaturated/α-hetero) is 1. The number of furan rings is 1. The quantitative estimate of drug-likeness (QED) is 0.389. The summed E-state index contributed by atoms with van der Waals surface area (Å²) < 4.78 is 10.7. The van der Waals surface area contributed by atoms with E-state index in [4.69, 9.17) is 20.8 Å². The predicted octanol–water partition coefficient (Wildman–Crippen LogP) is 3.71. The Morgan fingerprint density at radius 3 is 2.60 bits per heavy atom. The molecule has 7 nitrogen and oxygen atoms in total. The van der Waals surface area contributed by atoms with Crippen molar-refractivity contribution >= 4 is 29.1 Å². The van der Waals surface area contributed by atoms with Gasteiger partial charge in [0.15, 0.2) is 0 Å². The Balaban J connectivity index is 2.06. The Kier molecular flexibility index (Phi) is 6.84. The summed E-state index contributed by atoms with van der Waals surface area (Å²) in [5, 5.41) is 11.4. The number of aliphatic hydroxyl groups excluding tert-OH is 1. The summed E-state index contributed by atoms with van der Waals surface area (Å²) in [5.74, 6) is -0.939. The van der Waals surface area contributed by atoms with Gasteiger partial charge in [-0.25, -0.2) is 0 Å². The predicted molar refractivity (Wildman–Crippen MR) is 114 cm³/mol. The molecule has 2 heterocycles. The van der Waals surface area contributed by atoms with Gasteiger partial charge in [-0.05, 0) is 43.4 Å². The maximum atomic E-state index is 12.9. The molecule has 0 radical (unpaired) electrons. The third-order valence-electron chi connectivity index (χ3n) is 5.33. The highest BCUT2D eigenvalue weighted by Crippen LogP contribution is 2.40. The van der Waals surface area contributed by atoms with E-state index in [0.717, 1.165) is 13.1 Å². The number of hydrogen-bond donors (Lipinski definition) is 1. The van der Waals surface area contributed by atoms with Crippen LogP contribution in [0.15, 0.2) is 46.6 Å². The van der Waals surface area contributed by atoms with E-state index in [1.165, 1.54) is 24.3 Å². The van der Waals surface area contributed by atoms with Gasteiger partial charge in [-0.15, -0.1) is 0 Å². The number of carbonyl (C=O) groups excluding carboxylic acids is 2.